The monoisotopic (exact) mass is 500 g/mol. The lowest BCUT2D eigenvalue weighted by Crippen LogP contribution is -2.32. The summed E-state index contributed by atoms with van der Waals surface area (Å²) in [5, 5.41) is 14.1. The van der Waals surface area contributed by atoms with Crippen molar-refractivity contribution in [2.75, 3.05) is 25.2 Å². The zero-order valence-corrected chi connectivity index (χ0v) is 20.2. The van der Waals surface area contributed by atoms with E-state index in [0.29, 0.717) is 36.9 Å². The van der Waals surface area contributed by atoms with Crippen LogP contribution in [0.2, 0.25) is 0 Å². The highest BCUT2D eigenvalue weighted by Gasteiger charge is 2.30. The van der Waals surface area contributed by atoms with Crippen molar-refractivity contribution in [2.24, 2.45) is 0 Å². The van der Waals surface area contributed by atoms with Crippen LogP contribution in [0.15, 0.2) is 67.1 Å². The predicted molar refractivity (Wildman–Crippen MR) is 136 cm³/mol. The van der Waals surface area contributed by atoms with Crippen molar-refractivity contribution < 1.29 is 19.0 Å². The van der Waals surface area contributed by atoms with Gasteiger partial charge in [-0.2, -0.15) is 9.61 Å². The summed E-state index contributed by atoms with van der Waals surface area (Å²) in [5.41, 5.74) is 3.46. The zero-order chi connectivity index (χ0) is 25.5. The van der Waals surface area contributed by atoms with Crippen molar-refractivity contribution in [3.05, 3.63) is 78.2 Å². The predicted octanol–water partition coefficient (Wildman–Crippen LogP) is 4.33. The molecular formula is C27H25FN6O3. The molecule has 6 rings (SSSR count). The number of carboxylic acids is 1. The van der Waals surface area contributed by atoms with E-state index in [0.717, 1.165) is 16.7 Å². The van der Waals surface area contributed by atoms with Gasteiger partial charge in [0.15, 0.2) is 5.65 Å². The maximum Gasteiger partial charge on any atom is 0.341 e. The lowest BCUT2D eigenvalue weighted by atomic mass is 10.0. The van der Waals surface area contributed by atoms with E-state index in [1.165, 1.54) is 6.20 Å². The van der Waals surface area contributed by atoms with Gasteiger partial charge in [-0.1, -0.05) is 30.3 Å². The summed E-state index contributed by atoms with van der Waals surface area (Å²) in [6.45, 7) is 1.15. The number of ether oxygens (including phenoxy) is 1. The summed E-state index contributed by atoms with van der Waals surface area (Å²) in [6, 6.07) is 15.3. The first-order valence-corrected chi connectivity index (χ1v) is 12.1. The van der Waals surface area contributed by atoms with E-state index in [1.807, 2.05) is 71.2 Å². The molecule has 0 bridgehead atoms. The number of carboxylic acid groups (broad SMARTS) is 1. The van der Waals surface area contributed by atoms with Gasteiger partial charge in [0.05, 0.1) is 24.5 Å². The van der Waals surface area contributed by atoms with Crippen LogP contribution in [-0.2, 0) is 11.3 Å². The molecule has 1 aromatic carbocycles. The summed E-state index contributed by atoms with van der Waals surface area (Å²) in [4.78, 5) is 23.3. The minimum Gasteiger partial charge on any atom is -0.477 e. The molecular weight excluding hydrogens is 475 g/mol. The Labute approximate surface area is 212 Å². The van der Waals surface area contributed by atoms with E-state index >= 15 is 0 Å². The van der Waals surface area contributed by atoms with Crippen LogP contribution in [0, 0.1) is 0 Å². The third-order valence-corrected chi connectivity index (χ3v) is 6.82. The molecule has 0 aliphatic carbocycles. The van der Waals surface area contributed by atoms with Crippen LogP contribution >= 0.6 is 0 Å². The van der Waals surface area contributed by atoms with Crippen LogP contribution in [0.4, 0.5) is 10.2 Å². The number of aromatic nitrogens is 5. The summed E-state index contributed by atoms with van der Waals surface area (Å²) >= 11 is 0. The van der Waals surface area contributed by atoms with E-state index in [-0.39, 0.29) is 23.9 Å². The van der Waals surface area contributed by atoms with Crippen LogP contribution in [0.1, 0.15) is 28.4 Å². The van der Waals surface area contributed by atoms with Crippen molar-refractivity contribution in [2.45, 2.75) is 25.2 Å². The first kappa shape index (κ1) is 23.1. The summed E-state index contributed by atoms with van der Waals surface area (Å²) in [7, 11) is 1.93. The smallest absolute Gasteiger partial charge is 0.341 e. The Morgan fingerprint density at radius 3 is 2.81 bits per heavy atom. The highest BCUT2D eigenvalue weighted by molar-refractivity contribution is 5.95. The highest BCUT2D eigenvalue weighted by atomic mass is 19.1. The summed E-state index contributed by atoms with van der Waals surface area (Å²) in [6.07, 6.45) is 4.31. The van der Waals surface area contributed by atoms with Gasteiger partial charge in [0.1, 0.15) is 23.4 Å². The van der Waals surface area contributed by atoms with Crippen LogP contribution < -0.4 is 4.90 Å². The van der Waals surface area contributed by atoms with E-state index in [4.69, 9.17) is 9.72 Å². The number of nitrogens with zero attached hydrogens (tertiary/aromatic N) is 6. The second kappa shape index (κ2) is 9.29. The molecule has 0 amide bonds. The molecule has 3 aliphatic rings. The van der Waals surface area contributed by atoms with Crippen LogP contribution in [0.25, 0.3) is 28.3 Å². The van der Waals surface area contributed by atoms with Gasteiger partial charge in [-0.05, 0) is 24.1 Å². The fourth-order valence-electron chi connectivity index (χ4n) is 4.98. The van der Waals surface area contributed by atoms with Gasteiger partial charge in [-0.25, -0.2) is 19.2 Å². The number of rotatable bonds is 6. The van der Waals surface area contributed by atoms with Crippen molar-refractivity contribution >= 4 is 17.4 Å². The van der Waals surface area contributed by atoms with Crippen LogP contribution in [0.5, 0.6) is 0 Å². The van der Waals surface area contributed by atoms with Crippen molar-refractivity contribution in [1.29, 1.82) is 0 Å². The number of alkyl halides is 1. The molecule has 0 spiro atoms. The number of pyridine rings is 1. The van der Waals surface area contributed by atoms with Gasteiger partial charge < -0.3 is 19.3 Å². The molecule has 3 aromatic rings. The maximum absolute atomic E-state index is 14.7. The van der Waals surface area contributed by atoms with Crippen molar-refractivity contribution in [1.82, 2.24) is 24.1 Å². The molecule has 0 saturated carbocycles. The van der Waals surface area contributed by atoms with E-state index in [1.54, 1.807) is 10.7 Å². The summed E-state index contributed by atoms with van der Waals surface area (Å²) in [5.74, 6) is 0.232. The number of hydrogen-bond acceptors (Lipinski definition) is 6. The Balaban J connectivity index is 1.46. The minimum atomic E-state index is -1.12. The van der Waals surface area contributed by atoms with E-state index in [2.05, 4.69) is 10.1 Å². The van der Waals surface area contributed by atoms with Crippen molar-refractivity contribution in [3.63, 3.8) is 0 Å². The average Bonchev–Trinajstić information content (AvgIpc) is 3.54. The molecule has 2 aromatic heterocycles. The number of fused-ring (bicyclic) bond motifs is 2. The van der Waals surface area contributed by atoms with Gasteiger partial charge in [0, 0.05) is 49.8 Å². The second-order valence-electron chi connectivity index (χ2n) is 9.21. The van der Waals surface area contributed by atoms with Gasteiger partial charge in [-0.15, -0.1) is 0 Å². The summed E-state index contributed by atoms with van der Waals surface area (Å²) < 4.78 is 23.4. The molecule has 1 fully saturated rings. The molecule has 0 unspecified atom stereocenters. The van der Waals surface area contributed by atoms with Gasteiger partial charge in [0.25, 0.3) is 0 Å². The first-order valence-electron chi connectivity index (χ1n) is 12.1. The molecule has 3 aliphatic heterocycles. The normalized spacial score (nSPS) is 17.9. The minimum absolute atomic E-state index is 0.0116. The van der Waals surface area contributed by atoms with E-state index < -0.39 is 12.1 Å². The number of carbonyl (C=O) groups is 1. The SMILES string of the molecule is CN(Cc1ccccc1)c1cc(-c2cnc3n([C@@H]4CCOC[C@@H]4F)cccc2-3)nc2c(C(=O)O)cnn12. The molecule has 5 heterocycles. The first-order chi connectivity index (χ1) is 18.0. The Morgan fingerprint density at radius 1 is 1.19 bits per heavy atom. The molecule has 9 nitrogen and oxygen atoms in total. The van der Waals surface area contributed by atoms with Gasteiger partial charge in [-0.3, -0.25) is 0 Å². The molecule has 37 heavy (non-hydrogen) atoms. The quantitative estimate of drug-likeness (QED) is 0.371. The second-order valence-corrected chi connectivity index (χ2v) is 9.21. The van der Waals surface area contributed by atoms with Gasteiger partial charge >= 0.3 is 5.97 Å². The van der Waals surface area contributed by atoms with Crippen LogP contribution in [0.3, 0.4) is 0 Å². The molecule has 188 valence electrons. The molecule has 10 heteroatoms. The third-order valence-electron chi connectivity index (χ3n) is 6.82. The largest absolute Gasteiger partial charge is 0.477 e. The number of hydrogen-bond donors (Lipinski definition) is 1. The van der Waals surface area contributed by atoms with Crippen molar-refractivity contribution in [3.8, 4) is 22.6 Å². The average molecular weight is 501 g/mol. The molecule has 1 saturated heterocycles. The fourth-order valence-corrected chi connectivity index (χ4v) is 4.98. The number of aromatic carboxylic acids is 1. The standard InChI is InChI=1S/C27H25FN6O3/c1-32(15-17-6-3-2-4-7-17)24-12-22(31-26-20(27(35)36)14-30-34(24)26)19-13-29-25-18(19)8-5-10-33(25)23-9-11-37-16-21(23)28/h2-8,10,12-14,21,23H,9,11,15-16H2,1H3,(H,35,36)/t21-,23+/m0/s1. The third kappa shape index (κ3) is 4.09. The lowest BCUT2D eigenvalue weighted by Gasteiger charge is -2.29. The van der Waals surface area contributed by atoms with Gasteiger partial charge in [0.2, 0.25) is 0 Å². The zero-order valence-electron chi connectivity index (χ0n) is 20.2. The fraction of sp³-hybridized carbons (Fsp3) is 0.259. The maximum atomic E-state index is 14.7. The Bertz CT molecular complexity index is 1550. The highest BCUT2D eigenvalue weighted by Crippen LogP contribution is 2.37. The Kier molecular flexibility index (Phi) is 5.80. The molecule has 2 atom stereocenters. The number of benzene rings is 1. The molecule has 0 radical (unpaired) electrons. The Morgan fingerprint density at radius 2 is 2.03 bits per heavy atom. The molecule has 1 N–H and O–H groups in total. The Hall–Kier alpha value is -4.31. The van der Waals surface area contributed by atoms with Crippen LogP contribution in [-0.4, -0.2) is 61.7 Å². The number of anilines is 1. The number of halogens is 1. The lowest BCUT2D eigenvalue weighted by molar-refractivity contribution is 0.00346. The van der Waals surface area contributed by atoms with E-state index in [9.17, 15) is 14.3 Å². The topological polar surface area (TPSA) is 97.8 Å².